The molecular formula is C11H10O2S. The van der Waals surface area contributed by atoms with Crippen LogP contribution < -0.4 is 4.74 Å². The fourth-order valence-corrected chi connectivity index (χ4v) is 2.26. The number of hydrogen-bond acceptors (Lipinski definition) is 3. The molecule has 0 radical (unpaired) electrons. The van der Waals surface area contributed by atoms with E-state index in [1.165, 1.54) is 11.3 Å². The SMILES string of the molecule is COc1ccc2sc(C(C)=O)cc2c1. The van der Waals surface area contributed by atoms with E-state index in [4.69, 9.17) is 4.74 Å². The molecule has 1 aromatic carbocycles. The maximum atomic E-state index is 11.1. The van der Waals surface area contributed by atoms with Crippen LogP contribution in [0.5, 0.6) is 5.75 Å². The monoisotopic (exact) mass is 206 g/mol. The molecule has 2 rings (SSSR count). The highest BCUT2D eigenvalue weighted by atomic mass is 32.1. The van der Waals surface area contributed by atoms with Crippen molar-refractivity contribution in [1.29, 1.82) is 0 Å². The van der Waals surface area contributed by atoms with Gasteiger partial charge in [0.15, 0.2) is 5.78 Å². The average Bonchev–Trinajstić information content (AvgIpc) is 2.59. The summed E-state index contributed by atoms with van der Waals surface area (Å²) in [6, 6.07) is 7.73. The molecule has 14 heavy (non-hydrogen) atoms. The molecule has 0 aliphatic heterocycles. The van der Waals surface area contributed by atoms with Gasteiger partial charge in [0.1, 0.15) is 5.75 Å². The van der Waals surface area contributed by atoms with Crippen molar-refractivity contribution in [3.63, 3.8) is 0 Å². The normalized spacial score (nSPS) is 10.4. The lowest BCUT2D eigenvalue weighted by atomic mass is 10.2. The highest BCUT2D eigenvalue weighted by Gasteiger charge is 2.05. The van der Waals surface area contributed by atoms with E-state index in [-0.39, 0.29) is 5.78 Å². The summed E-state index contributed by atoms with van der Waals surface area (Å²) in [6.45, 7) is 1.59. The van der Waals surface area contributed by atoms with Gasteiger partial charge in [-0.15, -0.1) is 11.3 Å². The first-order valence-electron chi connectivity index (χ1n) is 4.29. The van der Waals surface area contributed by atoms with Crippen LogP contribution in [0.4, 0.5) is 0 Å². The highest BCUT2D eigenvalue weighted by Crippen LogP contribution is 2.28. The molecule has 72 valence electrons. The predicted molar refractivity (Wildman–Crippen MR) is 58.4 cm³/mol. The molecule has 0 aliphatic carbocycles. The molecule has 0 atom stereocenters. The Balaban J connectivity index is 2.60. The molecule has 2 nitrogen and oxygen atoms in total. The minimum absolute atomic E-state index is 0.116. The Morgan fingerprint density at radius 3 is 2.79 bits per heavy atom. The van der Waals surface area contributed by atoms with E-state index in [9.17, 15) is 4.79 Å². The first-order chi connectivity index (χ1) is 6.70. The summed E-state index contributed by atoms with van der Waals surface area (Å²) in [5.74, 6) is 0.940. The summed E-state index contributed by atoms with van der Waals surface area (Å²) in [5, 5.41) is 1.07. The quantitative estimate of drug-likeness (QED) is 0.706. The molecule has 0 amide bonds. The number of hydrogen-bond donors (Lipinski definition) is 0. The van der Waals surface area contributed by atoms with Gasteiger partial charge in [0.2, 0.25) is 0 Å². The molecule has 0 aliphatic rings. The van der Waals surface area contributed by atoms with Crippen LogP contribution >= 0.6 is 11.3 Å². The zero-order valence-electron chi connectivity index (χ0n) is 8.03. The van der Waals surface area contributed by atoms with Crippen LogP contribution in [0.2, 0.25) is 0 Å². The van der Waals surface area contributed by atoms with Crippen LogP contribution in [0.25, 0.3) is 10.1 Å². The van der Waals surface area contributed by atoms with E-state index in [2.05, 4.69) is 0 Å². The lowest BCUT2D eigenvalue weighted by Crippen LogP contribution is -1.83. The number of ketones is 1. The van der Waals surface area contributed by atoms with Gasteiger partial charge in [-0.2, -0.15) is 0 Å². The first kappa shape index (κ1) is 9.21. The lowest BCUT2D eigenvalue weighted by molar-refractivity contribution is 0.102. The molecule has 2 aromatic rings. The van der Waals surface area contributed by atoms with Gasteiger partial charge in [-0.25, -0.2) is 0 Å². The lowest BCUT2D eigenvalue weighted by Gasteiger charge is -1.97. The maximum Gasteiger partial charge on any atom is 0.169 e. The molecule has 1 aromatic heterocycles. The van der Waals surface area contributed by atoms with Crippen molar-refractivity contribution in [2.24, 2.45) is 0 Å². The zero-order chi connectivity index (χ0) is 10.1. The highest BCUT2D eigenvalue weighted by molar-refractivity contribution is 7.20. The van der Waals surface area contributed by atoms with Crippen LogP contribution in [-0.4, -0.2) is 12.9 Å². The Hall–Kier alpha value is -1.35. The summed E-state index contributed by atoms with van der Waals surface area (Å²) in [5.41, 5.74) is 0. The van der Waals surface area contributed by atoms with Gasteiger partial charge in [-0.3, -0.25) is 4.79 Å². The summed E-state index contributed by atoms with van der Waals surface area (Å²) < 4.78 is 6.23. The Morgan fingerprint density at radius 1 is 1.36 bits per heavy atom. The van der Waals surface area contributed by atoms with Gasteiger partial charge in [0, 0.05) is 4.70 Å². The minimum atomic E-state index is 0.116. The number of Topliss-reactive ketones (excluding diaryl/α,β-unsaturated/α-hetero) is 1. The average molecular weight is 206 g/mol. The number of rotatable bonds is 2. The number of methoxy groups -OCH3 is 1. The predicted octanol–water partition coefficient (Wildman–Crippen LogP) is 3.11. The fraction of sp³-hybridized carbons (Fsp3) is 0.182. The van der Waals surface area contributed by atoms with Gasteiger partial charge < -0.3 is 4.74 Å². The molecular weight excluding hydrogens is 196 g/mol. The van der Waals surface area contributed by atoms with Crippen molar-refractivity contribution < 1.29 is 9.53 Å². The molecule has 0 saturated heterocycles. The van der Waals surface area contributed by atoms with E-state index < -0.39 is 0 Å². The van der Waals surface area contributed by atoms with E-state index in [1.807, 2.05) is 24.3 Å². The van der Waals surface area contributed by atoms with Crippen LogP contribution in [0, 0.1) is 0 Å². The summed E-state index contributed by atoms with van der Waals surface area (Å²) in [7, 11) is 1.64. The van der Waals surface area contributed by atoms with Gasteiger partial charge in [0.05, 0.1) is 12.0 Å². The molecule has 0 N–H and O–H groups in total. The van der Waals surface area contributed by atoms with E-state index in [0.717, 1.165) is 20.7 Å². The van der Waals surface area contributed by atoms with E-state index in [1.54, 1.807) is 14.0 Å². The third-order valence-corrected chi connectivity index (χ3v) is 3.29. The van der Waals surface area contributed by atoms with Crippen molar-refractivity contribution in [2.45, 2.75) is 6.92 Å². The molecule has 0 spiro atoms. The number of carbonyl (C=O) groups excluding carboxylic acids is 1. The minimum Gasteiger partial charge on any atom is -0.497 e. The van der Waals surface area contributed by atoms with Crippen molar-refractivity contribution in [3.05, 3.63) is 29.1 Å². The van der Waals surface area contributed by atoms with Crippen molar-refractivity contribution in [1.82, 2.24) is 0 Å². The molecule has 3 heteroatoms. The van der Waals surface area contributed by atoms with Gasteiger partial charge >= 0.3 is 0 Å². The topological polar surface area (TPSA) is 26.3 Å². The molecule has 0 bridgehead atoms. The second kappa shape index (κ2) is 3.42. The Bertz CT molecular complexity index is 485. The molecule has 0 saturated carbocycles. The number of benzene rings is 1. The van der Waals surface area contributed by atoms with Gasteiger partial charge in [-0.05, 0) is 36.6 Å². The largest absolute Gasteiger partial charge is 0.497 e. The van der Waals surface area contributed by atoms with Crippen molar-refractivity contribution >= 4 is 27.2 Å². The Labute approximate surface area is 86.1 Å². The van der Waals surface area contributed by atoms with Crippen molar-refractivity contribution in [3.8, 4) is 5.75 Å². The van der Waals surface area contributed by atoms with Gasteiger partial charge in [0.25, 0.3) is 0 Å². The Morgan fingerprint density at radius 2 is 2.14 bits per heavy atom. The zero-order valence-corrected chi connectivity index (χ0v) is 8.85. The van der Waals surface area contributed by atoms with E-state index >= 15 is 0 Å². The number of ether oxygens (including phenoxy) is 1. The third kappa shape index (κ3) is 1.51. The van der Waals surface area contributed by atoms with Crippen LogP contribution in [0.15, 0.2) is 24.3 Å². The van der Waals surface area contributed by atoms with Crippen LogP contribution in [0.1, 0.15) is 16.6 Å². The van der Waals surface area contributed by atoms with Gasteiger partial charge in [-0.1, -0.05) is 0 Å². The van der Waals surface area contributed by atoms with Crippen molar-refractivity contribution in [2.75, 3.05) is 7.11 Å². The summed E-state index contributed by atoms with van der Waals surface area (Å²) in [6.07, 6.45) is 0. The molecule has 1 heterocycles. The van der Waals surface area contributed by atoms with E-state index in [0.29, 0.717) is 0 Å². The number of fused-ring (bicyclic) bond motifs is 1. The van der Waals surface area contributed by atoms with Crippen LogP contribution in [-0.2, 0) is 0 Å². The first-order valence-corrected chi connectivity index (χ1v) is 5.11. The fourth-order valence-electron chi connectivity index (χ4n) is 1.32. The smallest absolute Gasteiger partial charge is 0.169 e. The number of thiophene rings is 1. The second-order valence-electron chi connectivity index (χ2n) is 3.07. The number of carbonyl (C=O) groups is 1. The Kier molecular flexibility index (Phi) is 2.25. The molecule has 0 unspecified atom stereocenters. The molecule has 0 fully saturated rings. The summed E-state index contributed by atoms with van der Waals surface area (Å²) >= 11 is 1.52. The third-order valence-electron chi connectivity index (χ3n) is 2.07. The standard InChI is InChI=1S/C11H10O2S/c1-7(12)11-6-8-5-9(13-2)3-4-10(8)14-11/h3-6H,1-2H3. The van der Waals surface area contributed by atoms with Crippen LogP contribution in [0.3, 0.4) is 0 Å². The maximum absolute atomic E-state index is 11.1. The second-order valence-corrected chi connectivity index (χ2v) is 4.15. The summed E-state index contributed by atoms with van der Waals surface area (Å²) in [4.78, 5) is 11.9.